The van der Waals surface area contributed by atoms with E-state index in [1.807, 2.05) is 0 Å². The fraction of sp³-hybridized carbons (Fsp3) is 0.375. The molecule has 3 rings (SSSR count). The van der Waals surface area contributed by atoms with Crippen molar-refractivity contribution in [1.29, 1.82) is 0 Å². The summed E-state index contributed by atoms with van der Waals surface area (Å²) in [4.78, 5) is 38.3. The number of rotatable bonds is 8. The number of amides is 2. The summed E-state index contributed by atoms with van der Waals surface area (Å²) in [6.45, 7) is 1.96. The molecule has 0 aliphatic carbocycles. The number of hydrogen-bond acceptors (Lipinski definition) is 4. The van der Waals surface area contributed by atoms with Crippen molar-refractivity contribution in [3.63, 3.8) is 0 Å². The molecule has 0 radical (unpaired) electrons. The number of benzene rings is 2. The maximum Gasteiger partial charge on any atom is 0.416 e. The number of halogens is 3. The van der Waals surface area contributed by atoms with Crippen LogP contribution in [-0.2, 0) is 22.2 Å². The third-order valence-corrected chi connectivity index (χ3v) is 5.56. The lowest BCUT2D eigenvalue weighted by molar-refractivity contribution is -0.137. The van der Waals surface area contributed by atoms with E-state index in [-0.39, 0.29) is 30.2 Å². The Morgan fingerprint density at radius 3 is 2.55 bits per heavy atom. The first-order valence-corrected chi connectivity index (χ1v) is 10.5. The van der Waals surface area contributed by atoms with E-state index in [2.05, 4.69) is 5.32 Å². The second-order valence-electron chi connectivity index (χ2n) is 7.95. The van der Waals surface area contributed by atoms with Crippen LogP contribution in [0, 0.1) is 0 Å². The van der Waals surface area contributed by atoms with Gasteiger partial charge in [0.1, 0.15) is 5.75 Å². The van der Waals surface area contributed by atoms with Crippen LogP contribution in [0.2, 0.25) is 0 Å². The summed E-state index contributed by atoms with van der Waals surface area (Å²) in [5.41, 5.74) is 0.309. The van der Waals surface area contributed by atoms with Crippen molar-refractivity contribution in [2.24, 2.45) is 0 Å². The lowest BCUT2D eigenvalue weighted by Gasteiger charge is -2.26. The van der Waals surface area contributed by atoms with E-state index in [9.17, 15) is 27.6 Å². The fourth-order valence-electron chi connectivity index (χ4n) is 3.84. The molecule has 1 fully saturated rings. The quantitative estimate of drug-likeness (QED) is 0.603. The largest absolute Gasteiger partial charge is 0.496 e. The van der Waals surface area contributed by atoms with Crippen molar-refractivity contribution in [3.05, 3.63) is 64.7 Å². The van der Waals surface area contributed by atoms with Crippen LogP contribution < -0.4 is 10.1 Å². The average molecular weight is 462 g/mol. The van der Waals surface area contributed by atoms with Gasteiger partial charge in [-0.3, -0.25) is 14.4 Å². The van der Waals surface area contributed by atoms with Crippen LogP contribution in [0.3, 0.4) is 0 Å². The molecule has 0 aromatic heterocycles. The third-order valence-electron chi connectivity index (χ3n) is 5.56. The smallest absolute Gasteiger partial charge is 0.416 e. The zero-order valence-electron chi connectivity index (χ0n) is 18.4. The second-order valence-corrected chi connectivity index (χ2v) is 7.95. The highest BCUT2D eigenvalue weighted by Gasteiger charge is 2.32. The molecule has 9 heteroatoms. The second kappa shape index (κ2) is 10.1. The van der Waals surface area contributed by atoms with Crippen LogP contribution in [0.4, 0.5) is 13.2 Å². The molecule has 0 saturated carbocycles. The number of carbonyl (C=O) groups is 3. The van der Waals surface area contributed by atoms with Gasteiger partial charge in [0.25, 0.3) is 0 Å². The average Bonchev–Trinajstić information content (AvgIpc) is 3.17. The van der Waals surface area contributed by atoms with Crippen LogP contribution in [0.1, 0.15) is 52.9 Å². The van der Waals surface area contributed by atoms with Gasteiger partial charge in [0.15, 0.2) is 5.78 Å². The van der Waals surface area contributed by atoms with Gasteiger partial charge in [-0.25, -0.2) is 0 Å². The number of nitrogens with zero attached hydrogens (tertiary/aromatic N) is 1. The molecule has 2 aromatic carbocycles. The Kier molecular flexibility index (Phi) is 7.40. The van der Waals surface area contributed by atoms with Gasteiger partial charge in [-0.2, -0.15) is 13.2 Å². The maximum absolute atomic E-state index is 13.2. The van der Waals surface area contributed by atoms with E-state index in [0.29, 0.717) is 36.3 Å². The summed E-state index contributed by atoms with van der Waals surface area (Å²) >= 11 is 0. The number of hydrogen-bond donors (Lipinski definition) is 1. The molecule has 0 unspecified atom stereocenters. The molecule has 1 atom stereocenters. The van der Waals surface area contributed by atoms with Gasteiger partial charge in [-0.05, 0) is 49.2 Å². The molecule has 1 saturated heterocycles. The molecule has 6 nitrogen and oxygen atoms in total. The highest BCUT2D eigenvalue weighted by Crippen LogP contribution is 2.31. The number of alkyl halides is 3. The first-order valence-electron chi connectivity index (χ1n) is 10.5. The number of methoxy groups -OCH3 is 1. The molecule has 33 heavy (non-hydrogen) atoms. The maximum atomic E-state index is 13.2. The molecule has 1 heterocycles. The van der Waals surface area contributed by atoms with Crippen molar-refractivity contribution >= 4 is 17.6 Å². The Morgan fingerprint density at radius 1 is 1.18 bits per heavy atom. The molecule has 0 spiro atoms. The number of likely N-dealkylation sites (tertiary alicyclic amines) is 1. The van der Waals surface area contributed by atoms with Crippen LogP contribution >= 0.6 is 0 Å². The summed E-state index contributed by atoms with van der Waals surface area (Å²) in [5, 5.41) is 2.77. The Labute approximate surface area is 189 Å². The van der Waals surface area contributed by atoms with E-state index in [0.717, 1.165) is 12.1 Å². The predicted molar refractivity (Wildman–Crippen MR) is 115 cm³/mol. The summed E-state index contributed by atoms with van der Waals surface area (Å²) in [5.74, 6) is -0.325. The van der Waals surface area contributed by atoms with Crippen molar-refractivity contribution < 1.29 is 32.3 Å². The Hall–Kier alpha value is -3.36. The highest BCUT2D eigenvalue weighted by molar-refractivity contribution is 5.94. The molecular weight excluding hydrogens is 437 g/mol. The minimum Gasteiger partial charge on any atom is -0.496 e. The van der Waals surface area contributed by atoms with Crippen LogP contribution in [0.15, 0.2) is 42.5 Å². The number of Topliss-reactive ketones (excluding diaryl/α,β-unsaturated/α-hetero) is 1. The summed E-state index contributed by atoms with van der Waals surface area (Å²) in [7, 11) is 1.44. The standard InChI is InChI=1S/C24H25F3N2O4/c1-15(30)16-8-9-21(33-2)18(11-16)13-22(31)28-20(14-29-10-4-7-23(29)32)17-5-3-6-19(12-17)24(25,26)27/h3,5-6,8-9,11-12,20H,4,7,10,13-14H2,1-2H3,(H,28,31)/t20-/m1/s1. The van der Waals surface area contributed by atoms with Gasteiger partial charge in [0.05, 0.1) is 25.1 Å². The lowest BCUT2D eigenvalue weighted by Crippen LogP contribution is -2.39. The van der Waals surface area contributed by atoms with Crippen molar-refractivity contribution in [2.75, 3.05) is 20.2 Å². The minimum absolute atomic E-state index is 0.0660. The van der Waals surface area contributed by atoms with Gasteiger partial charge < -0.3 is 15.0 Å². The fourth-order valence-corrected chi connectivity index (χ4v) is 3.84. The third kappa shape index (κ3) is 6.12. The van der Waals surface area contributed by atoms with Crippen LogP contribution in [0.5, 0.6) is 5.75 Å². The Morgan fingerprint density at radius 2 is 1.94 bits per heavy atom. The van der Waals surface area contributed by atoms with E-state index >= 15 is 0 Å². The Balaban J connectivity index is 1.86. The molecule has 2 aromatic rings. The SMILES string of the molecule is COc1ccc(C(C)=O)cc1CC(=O)N[C@H](CN1CCCC1=O)c1cccc(C(F)(F)F)c1. The molecule has 1 aliphatic rings. The topological polar surface area (TPSA) is 75.7 Å². The molecule has 0 bridgehead atoms. The van der Waals surface area contributed by atoms with E-state index < -0.39 is 23.7 Å². The van der Waals surface area contributed by atoms with Crippen molar-refractivity contribution in [1.82, 2.24) is 10.2 Å². The van der Waals surface area contributed by atoms with Crippen LogP contribution in [-0.4, -0.2) is 42.7 Å². The molecule has 2 amide bonds. The van der Waals surface area contributed by atoms with E-state index in [1.54, 1.807) is 23.1 Å². The van der Waals surface area contributed by atoms with Gasteiger partial charge in [0, 0.05) is 30.6 Å². The molecular formula is C24H25F3N2O4. The van der Waals surface area contributed by atoms with E-state index in [4.69, 9.17) is 4.74 Å². The molecule has 1 N–H and O–H groups in total. The first kappa shape index (κ1) is 24.3. The minimum atomic E-state index is -4.53. The zero-order chi connectivity index (χ0) is 24.2. The monoisotopic (exact) mass is 462 g/mol. The van der Waals surface area contributed by atoms with Gasteiger partial charge >= 0.3 is 6.18 Å². The van der Waals surface area contributed by atoms with Crippen LogP contribution in [0.25, 0.3) is 0 Å². The van der Waals surface area contributed by atoms with Gasteiger partial charge in [-0.15, -0.1) is 0 Å². The number of nitrogens with one attached hydrogen (secondary N) is 1. The van der Waals surface area contributed by atoms with Gasteiger partial charge in [-0.1, -0.05) is 12.1 Å². The van der Waals surface area contributed by atoms with Crippen molar-refractivity contribution in [2.45, 2.75) is 38.4 Å². The number of ketones is 1. The summed E-state index contributed by atoms with van der Waals surface area (Å²) < 4.78 is 45.0. The van der Waals surface area contributed by atoms with E-state index in [1.165, 1.54) is 26.2 Å². The summed E-state index contributed by atoms with van der Waals surface area (Å²) in [6, 6.07) is 8.64. The number of ether oxygens (including phenoxy) is 1. The normalized spacial score (nSPS) is 14.8. The highest BCUT2D eigenvalue weighted by atomic mass is 19.4. The van der Waals surface area contributed by atoms with Crippen molar-refractivity contribution in [3.8, 4) is 5.75 Å². The predicted octanol–water partition coefficient (Wildman–Crippen LogP) is 3.94. The lowest BCUT2D eigenvalue weighted by atomic mass is 10.0. The summed E-state index contributed by atoms with van der Waals surface area (Å²) in [6.07, 6.45) is -3.64. The molecule has 176 valence electrons. The molecule has 1 aliphatic heterocycles. The first-order chi connectivity index (χ1) is 15.6. The van der Waals surface area contributed by atoms with Gasteiger partial charge in [0.2, 0.25) is 11.8 Å². The zero-order valence-corrected chi connectivity index (χ0v) is 18.4. The Bertz CT molecular complexity index is 1050. The number of carbonyl (C=O) groups excluding carboxylic acids is 3.